The first-order valence-electron chi connectivity index (χ1n) is 8.44. The van der Waals surface area contributed by atoms with Gasteiger partial charge >= 0.3 is 0 Å². The maximum atomic E-state index is 11.8. The van der Waals surface area contributed by atoms with Crippen LogP contribution in [-0.4, -0.2) is 29.5 Å². The molecule has 1 saturated carbocycles. The second-order valence-corrected chi connectivity index (χ2v) is 6.13. The van der Waals surface area contributed by atoms with E-state index in [-0.39, 0.29) is 24.7 Å². The zero-order valence-electron chi connectivity index (χ0n) is 13.5. The van der Waals surface area contributed by atoms with E-state index >= 15 is 0 Å². The SMILES string of the molecule is O=C(CC(O)c1ccccc1)NCCC(=O)NC1CCCCC1. The van der Waals surface area contributed by atoms with Crippen LogP contribution in [0.4, 0.5) is 0 Å². The van der Waals surface area contributed by atoms with Gasteiger partial charge in [-0.25, -0.2) is 0 Å². The van der Waals surface area contributed by atoms with Crippen LogP contribution in [0, 0.1) is 0 Å². The third kappa shape index (κ3) is 6.40. The Balaban J connectivity index is 1.61. The number of rotatable bonds is 7. The molecule has 1 aromatic rings. The molecular formula is C18H26N2O3. The number of carbonyl (C=O) groups is 2. The zero-order valence-corrected chi connectivity index (χ0v) is 13.5. The number of aliphatic hydroxyl groups excluding tert-OH is 1. The molecule has 1 aliphatic rings. The minimum Gasteiger partial charge on any atom is -0.388 e. The van der Waals surface area contributed by atoms with Crippen molar-refractivity contribution in [2.45, 2.75) is 57.1 Å². The van der Waals surface area contributed by atoms with Gasteiger partial charge in [0.1, 0.15) is 0 Å². The Bertz CT molecular complexity index is 498. The largest absolute Gasteiger partial charge is 0.388 e. The van der Waals surface area contributed by atoms with Gasteiger partial charge in [-0.1, -0.05) is 49.6 Å². The van der Waals surface area contributed by atoms with Crippen molar-refractivity contribution in [2.75, 3.05) is 6.54 Å². The first kappa shape index (κ1) is 17.5. The minimum absolute atomic E-state index is 0.00819. The second kappa shape index (κ2) is 9.30. The zero-order chi connectivity index (χ0) is 16.5. The lowest BCUT2D eigenvalue weighted by molar-refractivity contribution is -0.123. The lowest BCUT2D eigenvalue weighted by Gasteiger charge is -2.22. The van der Waals surface area contributed by atoms with Gasteiger partial charge in [-0.05, 0) is 18.4 Å². The molecule has 1 fully saturated rings. The van der Waals surface area contributed by atoms with Crippen LogP contribution in [0.1, 0.15) is 56.6 Å². The molecule has 0 bridgehead atoms. The summed E-state index contributed by atoms with van der Waals surface area (Å²) < 4.78 is 0. The fraction of sp³-hybridized carbons (Fsp3) is 0.556. The average molecular weight is 318 g/mol. The standard InChI is InChI=1S/C18H26N2O3/c21-16(14-7-3-1-4-8-14)13-18(23)19-12-11-17(22)20-15-9-5-2-6-10-15/h1,3-4,7-8,15-16,21H,2,5-6,9-13H2,(H,19,23)(H,20,22). The number of hydrogen-bond donors (Lipinski definition) is 3. The average Bonchev–Trinajstić information content (AvgIpc) is 2.56. The van der Waals surface area contributed by atoms with Crippen LogP contribution in [0.25, 0.3) is 0 Å². The molecule has 3 N–H and O–H groups in total. The van der Waals surface area contributed by atoms with Gasteiger partial charge in [-0.2, -0.15) is 0 Å². The highest BCUT2D eigenvalue weighted by Crippen LogP contribution is 2.17. The van der Waals surface area contributed by atoms with Crippen molar-refractivity contribution < 1.29 is 14.7 Å². The molecule has 0 spiro atoms. The van der Waals surface area contributed by atoms with Crippen molar-refractivity contribution in [3.8, 4) is 0 Å². The van der Waals surface area contributed by atoms with Crippen molar-refractivity contribution in [3.63, 3.8) is 0 Å². The second-order valence-electron chi connectivity index (χ2n) is 6.13. The van der Waals surface area contributed by atoms with E-state index in [9.17, 15) is 14.7 Å². The van der Waals surface area contributed by atoms with E-state index in [1.807, 2.05) is 18.2 Å². The molecule has 1 aromatic carbocycles. The quantitative estimate of drug-likeness (QED) is 0.720. The maximum absolute atomic E-state index is 11.8. The molecule has 0 aliphatic heterocycles. The first-order chi connectivity index (χ1) is 11.1. The van der Waals surface area contributed by atoms with Crippen molar-refractivity contribution in [2.24, 2.45) is 0 Å². The highest BCUT2D eigenvalue weighted by atomic mass is 16.3. The Hall–Kier alpha value is -1.88. The summed E-state index contributed by atoms with van der Waals surface area (Å²) in [5, 5.41) is 15.7. The summed E-state index contributed by atoms with van der Waals surface area (Å²) in [4.78, 5) is 23.6. The number of benzene rings is 1. The molecule has 0 heterocycles. The molecule has 5 nitrogen and oxygen atoms in total. The summed E-state index contributed by atoms with van der Waals surface area (Å²) in [7, 11) is 0. The highest BCUT2D eigenvalue weighted by molar-refractivity contribution is 5.79. The Kier molecular flexibility index (Phi) is 7.07. The number of hydrogen-bond acceptors (Lipinski definition) is 3. The highest BCUT2D eigenvalue weighted by Gasteiger charge is 2.16. The van der Waals surface area contributed by atoms with Gasteiger partial charge in [0.2, 0.25) is 11.8 Å². The summed E-state index contributed by atoms with van der Waals surface area (Å²) in [6.45, 7) is 0.304. The summed E-state index contributed by atoms with van der Waals surface area (Å²) >= 11 is 0. The Morgan fingerprint density at radius 2 is 1.78 bits per heavy atom. The van der Waals surface area contributed by atoms with Gasteiger partial charge in [-0.3, -0.25) is 9.59 Å². The fourth-order valence-electron chi connectivity index (χ4n) is 2.90. The molecule has 0 saturated heterocycles. The Labute approximate surface area is 137 Å². The third-order valence-corrected chi connectivity index (χ3v) is 4.21. The van der Waals surface area contributed by atoms with E-state index in [4.69, 9.17) is 0 Å². The molecule has 2 amide bonds. The predicted octanol–water partition coefficient (Wildman–Crippen LogP) is 2.07. The summed E-state index contributed by atoms with van der Waals surface area (Å²) in [6.07, 6.45) is 5.21. The van der Waals surface area contributed by atoms with Crippen LogP contribution in [0.2, 0.25) is 0 Å². The molecule has 0 radical (unpaired) electrons. The molecule has 1 atom stereocenters. The van der Waals surface area contributed by atoms with Crippen LogP contribution in [-0.2, 0) is 9.59 Å². The van der Waals surface area contributed by atoms with Crippen molar-refractivity contribution in [1.82, 2.24) is 10.6 Å². The molecule has 126 valence electrons. The van der Waals surface area contributed by atoms with E-state index in [1.54, 1.807) is 12.1 Å². The van der Waals surface area contributed by atoms with Crippen molar-refractivity contribution in [3.05, 3.63) is 35.9 Å². The van der Waals surface area contributed by atoms with Crippen LogP contribution in [0.3, 0.4) is 0 Å². The number of nitrogens with one attached hydrogen (secondary N) is 2. The molecule has 1 unspecified atom stereocenters. The van der Waals surface area contributed by atoms with E-state index in [2.05, 4.69) is 10.6 Å². The molecule has 0 aromatic heterocycles. The predicted molar refractivity (Wildman–Crippen MR) is 88.7 cm³/mol. The summed E-state index contributed by atoms with van der Waals surface area (Å²) in [5.74, 6) is -0.257. The maximum Gasteiger partial charge on any atom is 0.222 e. The molecule has 1 aliphatic carbocycles. The topological polar surface area (TPSA) is 78.4 Å². The number of amides is 2. The monoisotopic (exact) mass is 318 g/mol. The summed E-state index contributed by atoms with van der Waals surface area (Å²) in [6, 6.07) is 9.39. The van der Waals surface area contributed by atoms with Gasteiger partial charge in [0.25, 0.3) is 0 Å². The van der Waals surface area contributed by atoms with Crippen LogP contribution < -0.4 is 10.6 Å². The lowest BCUT2D eigenvalue weighted by atomic mass is 9.95. The van der Waals surface area contributed by atoms with E-state index in [1.165, 1.54) is 19.3 Å². The van der Waals surface area contributed by atoms with Gasteiger partial charge in [0.05, 0.1) is 12.5 Å². The number of carbonyl (C=O) groups excluding carboxylic acids is 2. The first-order valence-corrected chi connectivity index (χ1v) is 8.44. The normalized spacial score (nSPS) is 16.6. The van der Waals surface area contributed by atoms with Gasteiger partial charge in [-0.15, -0.1) is 0 Å². The van der Waals surface area contributed by atoms with Crippen LogP contribution in [0.5, 0.6) is 0 Å². The minimum atomic E-state index is -0.813. The Morgan fingerprint density at radius 3 is 2.48 bits per heavy atom. The van der Waals surface area contributed by atoms with E-state index < -0.39 is 6.10 Å². The Morgan fingerprint density at radius 1 is 1.09 bits per heavy atom. The van der Waals surface area contributed by atoms with Crippen molar-refractivity contribution in [1.29, 1.82) is 0 Å². The van der Waals surface area contributed by atoms with Gasteiger partial charge in [0.15, 0.2) is 0 Å². The van der Waals surface area contributed by atoms with Gasteiger partial charge < -0.3 is 15.7 Å². The molecule has 5 heteroatoms. The molecule has 2 rings (SSSR count). The van der Waals surface area contributed by atoms with Crippen molar-refractivity contribution >= 4 is 11.8 Å². The molecular weight excluding hydrogens is 292 g/mol. The van der Waals surface area contributed by atoms with E-state index in [0.717, 1.165) is 18.4 Å². The van der Waals surface area contributed by atoms with Crippen LogP contribution >= 0.6 is 0 Å². The molecule has 23 heavy (non-hydrogen) atoms. The van der Waals surface area contributed by atoms with Gasteiger partial charge in [0, 0.05) is 19.0 Å². The fourth-order valence-corrected chi connectivity index (χ4v) is 2.90. The number of aliphatic hydroxyl groups is 1. The smallest absolute Gasteiger partial charge is 0.222 e. The third-order valence-electron chi connectivity index (χ3n) is 4.21. The van der Waals surface area contributed by atoms with E-state index in [0.29, 0.717) is 12.6 Å². The summed E-state index contributed by atoms with van der Waals surface area (Å²) in [5.41, 5.74) is 0.720. The van der Waals surface area contributed by atoms with Crippen LogP contribution in [0.15, 0.2) is 30.3 Å². The lowest BCUT2D eigenvalue weighted by Crippen LogP contribution is -2.38.